The topological polar surface area (TPSA) is 36.4 Å². The molecule has 0 saturated carbocycles. The van der Waals surface area contributed by atoms with Gasteiger partial charge in [-0.1, -0.05) is 6.07 Å². The number of piperidine rings is 1. The zero-order chi connectivity index (χ0) is 9.97. The number of hydrogen-bond donors (Lipinski definition) is 1. The van der Waals surface area contributed by atoms with Gasteiger partial charge >= 0.3 is 0 Å². The van der Waals surface area contributed by atoms with Crippen LogP contribution in [0.1, 0.15) is 19.3 Å². The fraction of sp³-hybridized carbons (Fsp3) is 0.500. The second-order valence-corrected chi connectivity index (χ2v) is 4.30. The standard InChI is InChI=1S/C10H13BrN2O/c11-8-4-3-5-9(12-8)13-7-2-1-6-10(13)14/h3-5,10,14H,1-2,6-7H2. The van der Waals surface area contributed by atoms with Crippen LogP contribution in [0, 0.1) is 0 Å². The Hall–Kier alpha value is -0.610. The average molecular weight is 257 g/mol. The molecule has 1 unspecified atom stereocenters. The van der Waals surface area contributed by atoms with Gasteiger partial charge in [-0.25, -0.2) is 4.98 Å². The second-order valence-electron chi connectivity index (χ2n) is 3.49. The molecule has 2 rings (SSSR count). The van der Waals surface area contributed by atoms with Crippen LogP contribution in [0.25, 0.3) is 0 Å². The van der Waals surface area contributed by atoms with Crippen molar-refractivity contribution in [3.63, 3.8) is 0 Å². The molecular weight excluding hydrogens is 244 g/mol. The van der Waals surface area contributed by atoms with Crippen LogP contribution < -0.4 is 4.90 Å². The molecule has 1 aromatic rings. The van der Waals surface area contributed by atoms with Crippen molar-refractivity contribution in [2.24, 2.45) is 0 Å². The Labute approximate surface area is 91.9 Å². The third kappa shape index (κ3) is 2.07. The lowest BCUT2D eigenvalue weighted by molar-refractivity contribution is 0.139. The van der Waals surface area contributed by atoms with E-state index in [0.717, 1.165) is 36.2 Å². The number of anilines is 1. The van der Waals surface area contributed by atoms with Crippen LogP contribution in [0.4, 0.5) is 5.82 Å². The van der Waals surface area contributed by atoms with Gasteiger partial charge in [0.05, 0.1) is 0 Å². The lowest BCUT2D eigenvalue weighted by atomic mass is 10.1. The summed E-state index contributed by atoms with van der Waals surface area (Å²) < 4.78 is 0.813. The minimum absolute atomic E-state index is 0.370. The molecule has 3 nitrogen and oxygen atoms in total. The van der Waals surface area contributed by atoms with E-state index in [9.17, 15) is 5.11 Å². The molecule has 0 radical (unpaired) electrons. The summed E-state index contributed by atoms with van der Waals surface area (Å²) in [6, 6.07) is 5.76. The van der Waals surface area contributed by atoms with Gasteiger partial charge < -0.3 is 10.0 Å². The zero-order valence-electron chi connectivity index (χ0n) is 7.86. The van der Waals surface area contributed by atoms with E-state index in [-0.39, 0.29) is 6.23 Å². The summed E-state index contributed by atoms with van der Waals surface area (Å²) in [7, 11) is 0. The highest BCUT2D eigenvalue weighted by Crippen LogP contribution is 2.22. The molecule has 0 spiro atoms. The fourth-order valence-electron chi connectivity index (χ4n) is 1.74. The van der Waals surface area contributed by atoms with Gasteiger partial charge in [-0.05, 0) is 47.3 Å². The molecule has 1 saturated heterocycles. The molecule has 1 aliphatic rings. The molecule has 0 aromatic carbocycles. The summed E-state index contributed by atoms with van der Waals surface area (Å²) in [4.78, 5) is 6.28. The Morgan fingerprint density at radius 3 is 3.00 bits per heavy atom. The van der Waals surface area contributed by atoms with Crippen molar-refractivity contribution in [1.29, 1.82) is 0 Å². The molecule has 0 aliphatic carbocycles. The van der Waals surface area contributed by atoms with Gasteiger partial charge in [0, 0.05) is 6.54 Å². The van der Waals surface area contributed by atoms with Crippen LogP contribution in [-0.2, 0) is 0 Å². The summed E-state index contributed by atoms with van der Waals surface area (Å²) in [6.07, 6.45) is 2.70. The van der Waals surface area contributed by atoms with Crippen LogP contribution in [0.3, 0.4) is 0 Å². The van der Waals surface area contributed by atoms with E-state index < -0.39 is 0 Å². The smallest absolute Gasteiger partial charge is 0.131 e. The molecule has 4 heteroatoms. The summed E-state index contributed by atoms with van der Waals surface area (Å²) in [5.41, 5.74) is 0. The zero-order valence-corrected chi connectivity index (χ0v) is 9.44. The average Bonchev–Trinajstić information content (AvgIpc) is 2.18. The van der Waals surface area contributed by atoms with Crippen molar-refractivity contribution in [2.45, 2.75) is 25.5 Å². The second kappa shape index (κ2) is 4.28. The van der Waals surface area contributed by atoms with E-state index >= 15 is 0 Å². The first kappa shape index (κ1) is 9.93. The van der Waals surface area contributed by atoms with Crippen LogP contribution in [-0.4, -0.2) is 22.9 Å². The quantitative estimate of drug-likeness (QED) is 0.783. The normalized spacial score (nSPS) is 22.4. The summed E-state index contributed by atoms with van der Waals surface area (Å²) in [6.45, 7) is 0.893. The predicted molar refractivity (Wildman–Crippen MR) is 59.1 cm³/mol. The van der Waals surface area contributed by atoms with Gasteiger partial charge in [0.15, 0.2) is 0 Å². The highest BCUT2D eigenvalue weighted by Gasteiger charge is 2.20. The van der Waals surface area contributed by atoms with Gasteiger partial charge in [-0.2, -0.15) is 0 Å². The largest absolute Gasteiger partial charge is 0.374 e. The molecule has 14 heavy (non-hydrogen) atoms. The van der Waals surface area contributed by atoms with E-state index in [1.54, 1.807) is 0 Å². The van der Waals surface area contributed by atoms with Crippen LogP contribution in [0.5, 0.6) is 0 Å². The highest BCUT2D eigenvalue weighted by molar-refractivity contribution is 9.10. The van der Waals surface area contributed by atoms with E-state index in [1.165, 1.54) is 0 Å². The molecule has 1 atom stereocenters. The number of hydrogen-bond acceptors (Lipinski definition) is 3. The maximum atomic E-state index is 9.78. The number of aliphatic hydroxyl groups excluding tert-OH is 1. The SMILES string of the molecule is OC1CCCCN1c1cccc(Br)n1. The number of nitrogens with zero attached hydrogens (tertiary/aromatic N) is 2. The number of rotatable bonds is 1. The van der Waals surface area contributed by atoms with Crippen molar-refractivity contribution in [3.8, 4) is 0 Å². The van der Waals surface area contributed by atoms with E-state index in [2.05, 4.69) is 20.9 Å². The Morgan fingerprint density at radius 1 is 1.43 bits per heavy atom. The number of aliphatic hydroxyl groups is 1. The van der Waals surface area contributed by atoms with E-state index in [4.69, 9.17) is 0 Å². The molecule has 1 fully saturated rings. The third-order valence-electron chi connectivity index (χ3n) is 2.47. The summed E-state index contributed by atoms with van der Waals surface area (Å²) in [5, 5.41) is 9.78. The van der Waals surface area contributed by atoms with Crippen LogP contribution >= 0.6 is 15.9 Å². The van der Waals surface area contributed by atoms with Crippen molar-refractivity contribution >= 4 is 21.7 Å². The lowest BCUT2D eigenvalue weighted by Gasteiger charge is -2.32. The number of aromatic nitrogens is 1. The maximum absolute atomic E-state index is 9.78. The first-order chi connectivity index (χ1) is 6.77. The van der Waals surface area contributed by atoms with Crippen molar-refractivity contribution in [2.75, 3.05) is 11.4 Å². The number of pyridine rings is 1. The fourth-order valence-corrected chi connectivity index (χ4v) is 2.07. The lowest BCUT2D eigenvalue weighted by Crippen LogP contribution is -2.39. The van der Waals surface area contributed by atoms with Crippen LogP contribution in [0.2, 0.25) is 0 Å². The van der Waals surface area contributed by atoms with Gasteiger partial charge in [0.1, 0.15) is 16.6 Å². The minimum Gasteiger partial charge on any atom is -0.374 e. The molecule has 1 N–H and O–H groups in total. The summed E-state index contributed by atoms with van der Waals surface area (Å²) >= 11 is 3.33. The Bertz CT molecular complexity index is 319. The first-order valence-corrected chi connectivity index (χ1v) is 5.64. The van der Waals surface area contributed by atoms with Gasteiger partial charge in [0.2, 0.25) is 0 Å². The van der Waals surface area contributed by atoms with Gasteiger partial charge in [-0.3, -0.25) is 0 Å². The van der Waals surface area contributed by atoms with Gasteiger partial charge in [0.25, 0.3) is 0 Å². The highest BCUT2D eigenvalue weighted by atomic mass is 79.9. The van der Waals surface area contributed by atoms with Crippen molar-refractivity contribution < 1.29 is 5.11 Å². The van der Waals surface area contributed by atoms with Gasteiger partial charge in [-0.15, -0.1) is 0 Å². The Kier molecular flexibility index (Phi) is 3.03. The molecule has 0 bridgehead atoms. The van der Waals surface area contributed by atoms with Crippen LogP contribution in [0.15, 0.2) is 22.8 Å². The summed E-state index contributed by atoms with van der Waals surface area (Å²) in [5.74, 6) is 0.853. The molecule has 0 amide bonds. The monoisotopic (exact) mass is 256 g/mol. The Balaban J connectivity index is 2.20. The molecule has 2 heterocycles. The molecular formula is C10H13BrN2O. The Morgan fingerprint density at radius 2 is 2.29 bits per heavy atom. The minimum atomic E-state index is -0.370. The van der Waals surface area contributed by atoms with E-state index in [0.29, 0.717) is 0 Å². The predicted octanol–water partition coefficient (Wildman–Crippen LogP) is 2.15. The molecule has 1 aliphatic heterocycles. The number of halogens is 1. The van der Waals surface area contributed by atoms with Crippen molar-refractivity contribution in [1.82, 2.24) is 4.98 Å². The van der Waals surface area contributed by atoms with E-state index in [1.807, 2.05) is 23.1 Å². The third-order valence-corrected chi connectivity index (χ3v) is 2.91. The maximum Gasteiger partial charge on any atom is 0.131 e. The first-order valence-electron chi connectivity index (χ1n) is 4.84. The van der Waals surface area contributed by atoms with Crippen molar-refractivity contribution in [3.05, 3.63) is 22.8 Å². The molecule has 1 aromatic heterocycles. The molecule has 76 valence electrons.